The standard InChI is InChI=1S/C22H21FN4O4.C13H9F2NO4.C9H13N3/c1-12-11-31-21-18-14(20(28)15(22(29)30)10-27(12)18)8-16(23)19(21)26-6-3-13(9-26)7-17-24-4-2-5-25-17;1-5-4-20-12-9(15)8(14)2-6-10(12)16(5)3-7(11(6)17)13(18)19;1-3-11-9(12-4-1)6-8-2-5-10-7-8/h2,4-5,8,10,12-13H,3,6-7,9,11H2,1H3,(H,29,30);2-3,5H,4H2,1H3,(H,18,19);1,3-4,8,10H,2,5-7H2/t12-,13+;5-;8-/m001/s1. The van der Waals surface area contributed by atoms with E-state index in [1.807, 2.05) is 30.3 Å². The molecule has 19 heteroatoms. The number of ether oxygens (including phenoxy) is 2. The highest BCUT2D eigenvalue weighted by Crippen LogP contribution is 2.43. The molecule has 16 nitrogen and oxygen atoms in total. The zero-order chi connectivity index (χ0) is 44.5. The van der Waals surface area contributed by atoms with Crippen LogP contribution in [0.2, 0.25) is 0 Å². The number of carboxylic acids is 2. The van der Waals surface area contributed by atoms with Crippen molar-refractivity contribution in [2.45, 2.75) is 51.6 Å². The van der Waals surface area contributed by atoms with Crippen LogP contribution in [0.5, 0.6) is 11.5 Å². The molecule has 10 rings (SSSR count). The molecule has 0 spiro atoms. The lowest BCUT2D eigenvalue weighted by Crippen LogP contribution is -2.29. The molecule has 63 heavy (non-hydrogen) atoms. The Labute approximate surface area is 357 Å². The molecule has 0 amide bonds. The quantitative estimate of drug-likeness (QED) is 0.189. The maximum absolute atomic E-state index is 15.3. The Hall–Kier alpha value is -6.89. The highest BCUT2D eigenvalue weighted by molar-refractivity contribution is 5.97. The molecule has 4 aliphatic rings. The summed E-state index contributed by atoms with van der Waals surface area (Å²) in [5.41, 5.74) is -1.57. The van der Waals surface area contributed by atoms with Gasteiger partial charge in [-0.15, -0.1) is 0 Å². The van der Waals surface area contributed by atoms with Gasteiger partial charge in [-0.05, 0) is 75.9 Å². The van der Waals surface area contributed by atoms with Crippen LogP contribution in [0.25, 0.3) is 21.8 Å². The number of aromatic carboxylic acids is 2. The fourth-order valence-electron chi connectivity index (χ4n) is 8.48. The molecule has 4 aromatic heterocycles. The van der Waals surface area contributed by atoms with Gasteiger partial charge in [0.25, 0.3) is 0 Å². The minimum atomic E-state index is -1.41. The number of pyridine rings is 2. The van der Waals surface area contributed by atoms with Crippen LogP contribution in [0.15, 0.2) is 71.0 Å². The molecule has 6 aromatic rings. The van der Waals surface area contributed by atoms with Crippen LogP contribution >= 0.6 is 0 Å². The van der Waals surface area contributed by atoms with Crippen molar-refractivity contribution in [2.75, 3.05) is 44.3 Å². The predicted octanol–water partition coefficient (Wildman–Crippen LogP) is 5.21. The van der Waals surface area contributed by atoms with E-state index in [-0.39, 0.29) is 58.8 Å². The minimum Gasteiger partial charge on any atom is -0.487 e. The van der Waals surface area contributed by atoms with Gasteiger partial charge < -0.3 is 39.0 Å². The van der Waals surface area contributed by atoms with Crippen molar-refractivity contribution in [3.8, 4) is 11.5 Å². The Bertz CT molecular complexity index is 2840. The number of carboxylic acid groups (broad SMARTS) is 2. The Morgan fingerprint density at radius 1 is 0.746 bits per heavy atom. The summed E-state index contributed by atoms with van der Waals surface area (Å²) in [7, 11) is 0. The zero-order valence-electron chi connectivity index (χ0n) is 34.3. The van der Waals surface area contributed by atoms with Gasteiger partial charge in [-0.25, -0.2) is 38.3 Å². The van der Waals surface area contributed by atoms with Crippen molar-refractivity contribution < 1.29 is 42.4 Å². The van der Waals surface area contributed by atoms with E-state index < -0.39 is 45.8 Å². The smallest absolute Gasteiger partial charge is 0.341 e. The van der Waals surface area contributed by atoms with Gasteiger partial charge >= 0.3 is 11.9 Å². The molecular formula is C44H43F3N8O8. The number of hydrogen-bond acceptors (Lipinski definition) is 12. The third-order valence-corrected chi connectivity index (χ3v) is 11.7. The third-order valence-electron chi connectivity index (χ3n) is 11.7. The molecule has 2 saturated heterocycles. The Morgan fingerprint density at radius 2 is 1.25 bits per heavy atom. The van der Waals surface area contributed by atoms with Gasteiger partial charge in [0.05, 0.1) is 33.9 Å². The van der Waals surface area contributed by atoms with Crippen LogP contribution < -0.4 is 30.5 Å². The highest BCUT2D eigenvalue weighted by atomic mass is 19.2. The van der Waals surface area contributed by atoms with Crippen molar-refractivity contribution in [1.29, 1.82) is 0 Å². The second-order valence-corrected chi connectivity index (χ2v) is 16.0. The first-order valence-corrected chi connectivity index (χ1v) is 20.5. The molecule has 4 atom stereocenters. The molecule has 4 aliphatic heterocycles. The number of halogens is 3. The summed E-state index contributed by atoms with van der Waals surface area (Å²) >= 11 is 0. The van der Waals surface area contributed by atoms with Gasteiger partial charge in [-0.3, -0.25) is 9.59 Å². The lowest BCUT2D eigenvalue weighted by Gasteiger charge is -2.31. The van der Waals surface area contributed by atoms with E-state index in [0.717, 1.165) is 55.8 Å². The monoisotopic (exact) mass is 868 g/mol. The molecule has 8 heterocycles. The maximum Gasteiger partial charge on any atom is 0.341 e. The average Bonchev–Trinajstić information content (AvgIpc) is 3.96. The number of rotatable bonds is 7. The normalized spacial score (nSPS) is 19.7. The van der Waals surface area contributed by atoms with E-state index in [2.05, 4.69) is 25.3 Å². The number of nitrogens with zero attached hydrogens (tertiary/aromatic N) is 7. The summed E-state index contributed by atoms with van der Waals surface area (Å²) in [5.74, 6) is -3.05. The van der Waals surface area contributed by atoms with Crippen molar-refractivity contribution in [2.24, 2.45) is 11.8 Å². The van der Waals surface area contributed by atoms with E-state index in [0.29, 0.717) is 42.5 Å². The average molecular weight is 869 g/mol. The van der Waals surface area contributed by atoms with E-state index in [9.17, 15) is 33.1 Å². The molecule has 2 fully saturated rings. The summed E-state index contributed by atoms with van der Waals surface area (Å²) < 4.78 is 56.8. The summed E-state index contributed by atoms with van der Waals surface area (Å²) in [6, 6.07) is 5.00. The van der Waals surface area contributed by atoms with Crippen LogP contribution in [-0.4, -0.2) is 90.6 Å². The van der Waals surface area contributed by atoms with Crippen molar-refractivity contribution in [3.05, 3.63) is 122 Å². The molecule has 0 bridgehead atoms. The van der Waals surface area contributed by atoms with Gasteiger partial charge in [0.15, 0.2) is 23.1 Å². The number of aromatic nitrogens is 6. The Morgan fingerprint density at radius 3 is 1.78 bits per heavy atom. The number of anilines is 1. The number of hydrogen-bond donors (Lipinski definition) is 3. The Balaban J connectivity index is 0.000000145. The molecule has 2 aromatic carbocycles. The van der Waals surface area contributed by atoms with E-state index in [4.69, 9.17) is 14.6 Å². The number of nitrogens with one attached hydrogen (secondary N) is 1. The molecule has 3 N–H and O–H groups in total. The van der Waals surface area contributed by atoms with Gasteiger partial charge in [0, 0.05) is 63.1 Å². The SMILES string of the molecule is C[C@H]1COc2c(F)c(F)cc3c(=O)c(C(=O)O)cn1c23.C[C@H]1COc2c(N3CC[C@H](Cc4ncccn4)C3)c(F)cc3c(=O)c(C(=O)O)cn1c23.c1cnc(C[C@H]2CCNC2)nc1. The molecular weight excluding hydrogens is 826 g/mol. The Kier molecular flexibility index (Phi) is 12.1. The predicted molar refractivity (Wildman–Crippen MR) is 223 cm³/mol. The number of benzene rings is 2. The molecule has 328 valence electrons. The summed E-state index contributed by atoms with van der Waals surface area (Å²) in [6.45, 7) is 7.44. The topological polar surface area (TPSA) is 204 Å². The summed E-state index contributed by atoms with van der Waals surface area (Å²) in [4.78, 5) is 66.3. The summed E-state index contributed by atoms with van der Waals surface area (Å²) in [5, 5.41) is 21.6. The fourth-order valence-corrected chi connectivity index (χ4v) is 8.48. The first-order valence-electron chi connectivity index (χ1n) is 20.5. The minimum absolute atomic E-state index is 0.0242. The zero-order valence-corrected chi connectivity index (χ0v) is 34.3. The molecule has 0 unspecified atom stereocenters. The van der Waals surface area contributed by atoms with Crippen molar-refractivity contribution >= 4 is 39.4 Å². The van der Waals surface area contributed by atoms with E-state index >= 15 is 4.39 Å². The van der Waals surface area contributed by atoms with Crippen molar-refractivity contribution in [3.63, 3.8) is 0 Å². The second kappa shape index (κ2) is 17.8. The van der Waals surface area contributed by atoms with Crippen LogP contribution in [0, 0.1) is 29.3 Å². The van der Waals surface area contributed by atoms with E-state index in [1.165, 1.54) is 17.2 Å². The second-order valence-electron chi connectivity index (χ2n) is 16.0. The van der Waals surface area contributed by atoms with Crippen LogP contribution in [0.3, 0.4) is 0 Å². The maximum atomic E-state index is 15.3. The van der Waals surface area contributed by atoms with Crippen LogP contribution in [0.1, 0.15) is 71.1 Å². The van der Waals surface area contributed by atoms with Gasteiger partial charge in [-0.2, -0.15) is 4.39 Å². The van der Waals surface area contributed by atoms with Crippen LogP contribution in [0.4, 0.5) is 18.9 Å². The van der Waals surface area contributed by atoms with Crippen LogP contribution in [-0.2, 0) is 12.8 Å². The molecule has 0 aliphatic carbocycles. The first-order chi connectivity index (χ1) is 30.3. The number of carbonyl (C=O) groups is 2. The lowest BCUT2D eigenvalue weighted by atomic mass is 10.0. The largest absolute Gasteiger partial charge is 0.487 e. The highest BCUT2D eigenvalue weighted by Gasteiger charge is 2.34. The molecule has 0 radical (unpaired) electrons. The molecule has 0 saturated carbocycles. The first kappa shape index (κ1) is 42.8. The van der Waals surface area contributed by atoms with Crippen molar-refractivity contribution in [1.82, 2.24) is 34.4 Å². The van der Waals surface area contributed by atoms with E-state index in [1.54, 1.807) is 30.0 Å². The lowest BCUT2D eigenvalue weighted by molar-refractivity contribution is 0.0683. The fraction of sp³-hybridized carbons (Fsp3) is 0.364. The van der Waals surface area contributed by atoms with Gasteiger partial charge in [0.1, 0.15) is 41.7 Å². The third kappa shape index (κ3) is 8.52. The van der Waals surface area contributed by atoms with Gasteiger partial charge in [-0.1, -0.05) is 0 Å². The summed E-state index contributed by atoms with van der Waals surface area (Å²) in [6.07, 6.45) is 13.4. The van der Waals surface area contributed by atoms with Gasteiger partial charge in [0.2, 0.25) is 16.7 Å².